The minimum absolute atomic E-state index is 0.0747. The van der Waals surface area contributed by atoms with E-state index in [1.165, 1.54) is 11.3 Å². The summed E-state index contributed by atoms with van der Waals surface area (Å²) >= 11 is 1.51. The number of thiazole rings is 1. The second-order valence-electron chi connectivity index (χ2n) is 4.82. The number of nitrogens with one attached hydrogen (secondary N) is 2. The Labute approximate surface area is 132 Å². The Kier molecular flexibility index (Phi) is 4.99. The average Bonchev–Trinajstić information content (AvgIpc) is 3.07. The molecular weight excluding hydrogens is 302 g/mol. The molecule has 1 aromatic heterocycles. The van der Waals surface area contributed by atoms with Crippen LogP contribution in [0.5, 0.6) is 0 Å². The van der Waals surface area contributed by atoms with Crippen molar-refractivity contribution in [2.24, 2.45) is 0 Å². The normalized spacial score (nSPS) is 17.9. The van der Waals surface area contributed by atoms with Gasteiger partial charge in [0.05, 0.1) is 25.9 Å². The highest BCUT2D eigenvalue weighted by Crippen LogP contribution is 2.19. The van der Waals surface area contributed by atoms with Crippen molar-refractivity contribution in [2.45, 2.75) is 6.10 Å². The number of benzene rings is 1. The molecule has 2 heterocycles. The first-order valence-electron chi connectivity index (χ1n) is 7.05. The minimum Gasteiger partial charge on any atom is -0.376 e. The van der Waals surface area contributed by atoms with Gasteiger partial charge in [-0.05, 0) is 18.2 Å². The second-order valence-corrected chi connectivity index (χ2v) is 5.72. The van der Waals surface area contributed by atoms with Crippen molar-refractivity contribution >= 4 is 28.1 Å². The van der Waals surface area contributed by atoms with E-state index < -0.39 is 0 Å². The number of rotatable bonds is 5. The number of aromatic nitrogens is 1. The molecule has 1 aliphatic heterocycles. The number of hydrogen-bond donors (Lipinski definition) is 2. The minimum atomic E-state index is -0.128. The highest BCUT2D eigenvalue weighted by Gasteiger charge is 2.15. The maximum absolute atomic E-state index is 12.2. The fraction of sp³-hybridized carbons (Fsp3) is 0.333. The summed E-state index contributed by atoms with van der Waals surface area (Å²) in [4.78, 5) is 16.4. The lowest BCUT2D eigenvalue weighted by Crippen LogP contribution is -2.39. The van der Waals surface area contributed by atoms with Gasteiger partial charge < -0.3 is 20.1 Å². The molecule has 6 nitrogen and oxygen atoms in total. The lowest BCUT2D eigenvalue weighted by molar-refractivity contribution is -0.0855. The summed E-state index contributed by atoms with van der Waals surface area (Å²) in [7, 11) is 0. The van der Waals surface area contributed by atoms with E-state index >= 15 is 0 Å². The summed E-state index contributed by atoms with van der Waals surface area (Å²) in [5.41, 5.74) is 1.43. The van der Waals surface area contributed by atoms with Crippen molar-refractivity contribution in [1.82, 2.24) is 10.3 Å². The Morgan fingerprint density at radius 2 is 2.36 bits per heavy atom. The summed E-state index contributed by atoms with van der Waals surface area (Å²) in [5.74, 6) is -0.128. The van der Waals surface area contributed by atoms with Gasteiger partial charge in [0, 0.05) is 29.4 Å². The molecule has 1 atom stereocenters. The predicted octanol–water partition coefficient (Wildman–Crippen LogP) is 2.03. The van der Waals surface area contributed by atoms with E-state index in [1.54, 1.807) is 18.3 Å². The smallest absolute Gasteiger partial charge is 0.251 e. The van der Waals surface area contributed by atoms with Crippen molar-refractivity contribution < 1.29 is 14.3 Å². The van der Waals surface area contributed by atoms with Gasteiger partial charge in [-0.1, -0.05) is 6.07 Å². The first kappa shape index (κ1) is 15.0. The topological polar surface area (TPSA) is 72.5 Å². The summed E-state index contributed by atoms with van der Waals surface area (Å²) in [5, 5.41) is 8.73. The summed E-state index contributed by atoms with van der Waals surface area (Å²) < 4.78 is 10.8. The summed E-state index contributed by atoms with van der Waals surface area (Å²) in [6.45, 7) is 2.16. The van der Waals surface area contributed by atoms with Crippen molar-refractivity contribution in [3.63, 3.8) is 0 Å². The number of amides is 1. The molecule has 1 amide bonds. The summed E-state index contributed by atoms with van der Waals surface area (Å²) in [6.07, 6.45) is 1.66. The third kappa shape index (κ3) is 4.03. The Morgan fingerprint density at radius 3 is 3.14 bits per heavy atom. The highest BCUT2D eigenvalue weighted by molar-refractivity contribution is 7.13. The van der Waals surface area contributed by atoms with Gasteiger partial charge in [-0.2, -0.15) is 0 Å². The molecule has 3 rings (SSSR count). The van der Waals surface area contributed by atoms with Gasteiger partial charge in [0.15, 0.2) is 5.13 Å². The largest absolute Gasteiger partial charge is 0.376 e. The second kappa shape index (κ2) is 7.35. The van der Waals surface area contributed by atoms with Gasteiger partial charge in [0.1, 0.15) is 0 Å². The van der Waals surface area contributed by atoms with E-state index in [0.717, 1.165) is 10.8 Å². The Bertz CT molecular complexity index is 612. The van der Waals surface area contributed by atoms with Crippen molar-refractivity contribution in [3.8, 4) is 0 Å². The maximum Gasteiger partial charge on any atom is 0.251 e. The van der Waals surface area contributed by atoms with Crippen LogP contribution in [0, 0.1) is 0 Å². The molecule has 0 bridgehead atoms. The number of ether oxygens (including phenoxy) is 2. The van der Waals surface area contributed by atoms with Crippen LogP contribution in [0.25, 0.3) is 0 Å². The predicted molar refractivity (Wildman–Crippen MR) is 84.7 cm³/mol. The maximum atomic E-state index is 12.2. The fourth-order valence-corrected chi connectivity index (χ4v) is 2.66. The molecular formula is C15H17N3O3S. The molecule has 2 aromatic rings. The molecule has 1 aromatic carbocycles. The highest BCUT2D eigenvalue weighted by atomic mass is 32.1. The van der Waals surface area contributed by atoms with Crippen LogP contribution in [0.15, 0.2) is 35.8 Å². The average molecular weight is 319 g/mol. The van der Waals surface area contributed by atoms with E-state index in [2.05, 4.69) is 15.6 Å². The lowest BCUT2D eigenvalue weighted by Gasteiger charge is -2.23. The molecule has 7 heteroatoms. The molecule has 1 saturated heterocycles. The SMILES string of the molecule is O=C(NCC1COCCO1)c1cccc(Nc2nccs2)c1. The molecule has 1 unspecified atom stereocenters. The van der Waals surface area contributed by atoms with Gasteiger partial charge in [-0.25, -0.2) is 4.98 Å². The number of hydrogen-bond acceptors (Lipinski definition) is 6. The van der Waals surface area contributed by atoms with Crippen LogP contribution in [0.1, 0.15) is 10.4 Å². The van der Waals surface area contributed by atoms with Crippen LogP contribution in [0.3, 0.4) is 0 Å². The van der Waals surface area contributed by atoms with Crippen molar-refractivity contribution in [3.05, 3.63) is 41.4 Å². The Morgan fingerprint density at radius 1 is 1.41 bits per heavy atom. The van der Waals surface area contributed by atoms with Crippen LogP contribution < -0.4 is 10.6 Å². The van der Waals surface area contributed by atoms with E-state index in [9.17, 15) is 4.79 Å². The molecule has 0 radical (unpaired) electrons. The molecule has 22 heavy (non-hydrogen) atoms. The third-order valence-electron chi connectivity index (χ3n) is 3.18. The van der Waals surface area contributed by atoms with E-state index in [-0.39, 0.29) is 12.0 Å². The van der Waals surface area contributed by atoms with Gasteiger partial charge >= 0.3 is 0 Å². The van der Waals surface area contributed by atoms with Crippen LogP contribution >= 0.6 is 11.3 Å². The van der Waals surface area contributed by atoms with Crippen LogP contribution in [-0.2, 0) is 9.47 Å². The van der Waals surface area contributed by atoms with Crippen LogP contribution in [0.2, 0.25) is 0 Å². The van der Waals surface area contributed by atoms with Crippen molar-refractivity contribution in [2.75, 3.05) is 31.7 Å². The van der Waals surface area contributed by atoms with Crippen LogP contribution in [0.4, 0.5) is 10.8 Å². The Hall–Kier alpha value is -1.96. The Balaban J connectivity index is 1.57. The molecule has 0 spiro atoms. The van der Waals surface area contributed by atoms with Crippen molar-refractivity contribution in [1.29, 1.82) is 0 Å². The van der Waals surface area contributed by atoms with Gasteiger partial charge in [-0.3, -0.25) is 4.79 Å². The quantitative estimate of drug-likeness (QED) is 0.882. The number of carbonyl (C=O) groups is 1. The van der Waals surface area contributed by atoms with E-state index in [1.807, 2.05) is 17.5 Å². The lowest BCUT2D eigenvalue weighted by atomic mass is 10.2. The zero-order chi connectivity index (χ0) is 15.2. The first-order valence-corrected chi connectivity index (χ1v) is 7.93. The molecule has 2 N–H and O–H groups in total. The zero-order valence-corrected chi connectivity index (χ0v) is 12.8. The molecule has 1 fully saturated rings. The third-order valence-corrected chi connectivity index (χ3v) is 3.87. The van der Waals surface area contributed by atoms with Crippen LogP contribution in [-0.4, -0.2) is 43.4 Å². The number of anilines is 2. The molecule has 1 aliphatic rings. The monoisotopic (exact) mass is 319 g/mol. The summed E-state index contributed by atoms with van der Waals surface area (Å²) in [6, 6.07) is 7.32. The zero-order valence-electron chi connectivity index (χ0n) is 12.0. The number of nitrogens with zero attached hydrogens (tertiary/aromatic N) is 1. The van der Waals surface area contributed by atoms with Gasteiger partial charge in [0.2, 0.25) is 0 Å². The molecule has 0 saturated carbocycles. The van der Waals surface area contributed by atoms with Gasteiger partial charge in [-0.15, -0.1) is 11.3 Å². The standard InChI is InChI=1S/C15H17N3O3S/c19-14(17-9-13-10-20-5-6-21-13)11-2-1-3-12(8-11)18-15-16-4-7-22-15/h1-4,7-8,13H,5-6,9-10H2,(H,16,18)(H,17,19). The van der Waals surface area contributed by atoms with E-state index in [4.69, 9.17) is 9.47 Å². The fourth-order valence-electron chi connectivity index (χ4n) is 2.11. The first-order chi connectivity index (χ1) is 10.8. The molecule has 116 valence electrons. The van der Waals surface area contributed by atoms with Gasteiger partial charge in [0.25, 0.3) is 5.91 Å². The molecule has 0 aliphatic carbocycles. The van der Waals surface area contributed by atoms with E-state index in [0.29, 0.717) is 31.9 Å². The number of carbonyl (C=O) groups excluding carboxylic acids is 1.